The Morgan fingerprint density at radius 2 is 1.65 bits per heavy atom. The Hall–Kier alpha value is -3.42. The molecule has 0 aromatic heterocycles. The fraction of sp³-hybridized carbons (Fsp3) is 0.391. The summed E-state index contributed by atoms with van der Waals surface area (Å²) >= 11 is 0. The summed E-state index contributed by atoms with van der Waals surface area (Å²) in [7, 11) is 6.48. The number of nitrogens with zero attached hydrogens (tertiary/aromatic N) is 1. The molecule has 2 N–H and O–H groups in total. The lowest BCUT2D eigenvalue weighted by Gasteiger charge is -2.17. The van der Waals surface area contributed by atoms with Gasteiger partial charge in [-0.05, 0) is 53.9 Å². The maximum absolute atomic E-state index is 9.60. The zero-order chi connectivity index (χ0) is 22.8. The summed E-state index contributed by atoms with van der Waals surface area (Å²) in [4.78, 5) is 9.60. The average Bonchev–Trinajstić information content (AvgIpc) is 3.28. The Morgan fingerprint density at radius 3 is 2.06 bits per heavy atom. The van der Waals surface area contributed by atoms with Gasteiger partial charge in [0.2, 0.25) is 5.75 Å². The third kappa shape index (κ3) is 6.28. The molecule has 0 radical (unpaired) electrons. The molecule has 0 aliphatic carbocycles. The minimum absolute atomic E-state index is 0.0470. The first-order valence-electron chi connectivity index (χ1n) is 9.95. The summed E-state index contributed by atoms with van der Waals surface area (Å²) in [5.74, 6) is 1.98. The molecule has 0 spiro atoms. The highest BCUT2D eigenvalue weighted by molar-refractivity contribution is 6.01. The first kappa shape index (κ1) is 23.9. The maximum atomic E-state index is 9.60. The topological polar surface area (TPSA) is 98.6 Å². The molecular weight excluding hydrogens is 400 g/mol. The van der Waals surface area contributed by atoms with Gasteiger partial charge in [0.1, 0.15) is 5.75 Å². The third-order valence-corrected chi connectivity index (χ3v) is 4.73. The van der Waals surface area contributed by atoms with Gasteiger partial charge in [0.25, 0.3) is 0 Å². The van der Waals surface area contributed by atoms with Gasteiger partial charge >= 0.3 is 5.97 Å². The van der Waals surface area contributed by atoms with Crippen molar-refractivity contribution in [3.63, 3.8) is 0 Å². The van der Waals surface area contributed by atoms with Crippen molar-refractivity contribution in [3.05, 3.63) is 47.5 Å². The summed E-state index contributed by atoms with van der Waals surface area (Å²) < 4.78 is 21.4. The van der Waals surface area contributed by atoms with Crippen LogP contribution in [0.25, 0.3) is 0 Å². The van der Waals surface area contributed by atoms with E-state index in [1.165, 1.54) is 0 Å². The number of rotatable bonds is 8. The molecule has 1 aliphatic rings. The zero-order valence-corrected chi connectivity index (χ0v) is 18.6. The molecular formula is C23H30N2O6. The average molecular weight is 431 g/mol. The number of carboxylic acids is 1. The number of nitrogens with one attached hydrogen (secondary N) is 1. The predicted molar refractivity (Wildman–Crippen MR) is 119 cm³/mol. The quantitative estimate of drug-likeness (QED) is 0.652. The van der Waals surface area contributed by atoms with Crippen molar-refractivity contribution in [3.8, 4) is 23.0 Å². The molecule has 0 amide bonds. The lowest BCUT2D eigenvalue weighted by atomic mass is 9.98. The third-order valence-electron chi connectivity index (χ3n) is 4.73. The van der Waals surface area contributed by atoms with Crippen molar-refractivity contribution in [1.82, 2.24) is 5.43 Å². The van der Waals surface area contributed by atoms with Crippen LogP contribution in [0.15, 0.2) is 41.5 Å². The molecule has 1 atom stereocenters. The second-order valence-corrected chi connectivity index (χ2v) is 6.78. The number of ether oxygens (including phenoxy) is 4. The molecule has 2 aromatic rings. The van der Waals surface area contributed by atoms with Crippen molar-refractivity contribution >= 4 is 11.7 Å². The fourth-order valence-electron chi connectivity index (χ4n) is 3.12. The van der Waals surface area contributed by atoms with Gasteiger partial charge in [-0.15, -0.1) is 0 Å². The molecule has 31 heavy (non-hydrogen) atoms. The molecule has 3 rings (SSSR count). The SMILES string of the molecule is CCCC(=O)O.COc1ccc(C2=NNC(c3cc(OC)c(OC)c(OC)c3)C2)cc1. The van der Waals surface area contributed by atoms with Gasteiger partial charge in [0, 0.05) is 12.8 Å². The standard InChI is InChI=1S/C19H22N2O4.C4H8O2/c1-22-14-7-5-12(6-8-14)15-11-16(21-20-15)13-9-17(23-2)19(25-4)18(10-13)24-3;1-2-3-4(5)6/h5-10,16,21H,11H2,1-4H3;2-3H2,1H3,(H,5,6). The molecule has 1 heterocycles. The number of carbonyl (C=O) groups is 1. The van der Waals surface area contributed by atoms with Crippen molar-refractivity contribution < 1.29 is 28.8 Å². The molecule has 1 unspecified atom stereocenters. The van der Waals surface area contributed by atoms with Crippen LogP contribution in [0.3, 0.4) is 0 Å². The van der Waals surface area contributed by atoms with Crippen molar-refractivity contribution in [2.24, 2.45) is 5.10 Å². The van der Waals surface area contributed by atoms with E-state index in [0.29, 0.717) is 23.7 Å². The smallest absolute Gasteiger partial charge is 0.303 e. The highest BCUT2D eigenvalue weighted by atomic mass is 16.5. The second kappa shape index (κ2) is 11.7. The first-order valence-corrected chi connectivity index (χ1v) is 9.95. The number of methoxy groups -OCH3 is 4. The van der Waals surface area contributed by atoms with E-state index in [1.54, 1.807) is 28.4 Å². The first-order chi connectivity index (χ1) is 15.0. The van der Waals surface area contributed by atoms with Crippen LogP contribution >= 0.6 is 0 Å². The van der Waals surface area contributed by atoms with Crippen molar-refractivity contribution in [1.29, 1.82) is 0 Å². The largest absolute Gasteiger partial charge is 0.497 e. The number of benzene rings is 2. The number of aliphatic carboxylic acids is 1. The zero-order valence-electron chi connectivity index (χ0n) is 18.6. The summed E-state index contributed by atoms with van der Waals surface area (Å²) in [6.07, 6.45) is 1.79. The molecule has 2 aromatic carbocycles. The van der Waals surface area contributed by atoms with Crippen LogP contribution in [0.2, 0.25) is 0 Å². The number of carboxylic acid groups (broad SMARTS) is 1. The molecule has 0 saturated heterocycles. The monoisotopic (exact) mass is 430 g/mol. The molecule has 0 bridgehead atoms. The minimum Gasteiger partial charge on any atom is -0.497 e. The van der Waals surface area contributed by atoms with E-state index in [-0.39, 0.29) is 6.04 Å². The van der Waals surface area contributed by atoms with Crippen LogP contribution in [0.1, 0.15) is 43.4 Å². The molecule has 0 saturated carbocycles. The van der Waals surface area contributed by atoms with Gasteiger partial charge in [-0.1, -0.05) is 6.92 Å². The maximum Gasteiger partial charge on any atom is 0.303 e. The van der Waals surface area contributed by atoms with E-state index in [0.717, 1.165) is 35.4 Å². The van der Waals surface area contributed by atoms with Crippen molar-refractivity contribution in [2.75, 3.05) is 28.4 Å². The van der Waals surface area contributed by atoms with Crippen LogP contribution in [0.4, 0.5) is 0 Å². The van der Waals surface area contributed by atoms with Crippen molar-refractivity contribution in [2.45, 2.75) is 32.2 Å². The molecule has 8 heteroatoms. The summed E-state index contributed by atoms with van der Waals surface area (Å²) in [5, 5.41) is 12.4. The Labute approximate surface area is 182 Å². The lowest BCUT2D eigenvalue weighted by molar-refractivity contribution is -0.137. The van der Waals surface area contributed by atoms with E-state index in [1.807, 2.05) is 43.3 Å². The van der Waals surface area contributed by atoms with Crippen LogP contribution in [0, 0.1) is 0 Å². The molecule has 168 valence electrons. The van der Waals surface area contributed by atoms with E-state index < -0.39 is 5.97 Å². The van der Waals surface area contributed by atoms with E-state index in [9.17, 15) is 4.79 Å². The highest BCUT2D eigenvalue weighted by Gasteiger charge is 2.24. The van der Waals surface area contributed by atoms with Crippen LogP contribution in [-0.2, 0) is 4.79 Å². The Morgan fingerprint density at radius 1 is 1.03 bits per heavy atom. The molecule has 1 aliphatic heterocycles. The Kier molecular flexibility index (Phi) is 8.99. The fourth-order valence-corrected chi connectivity index (χ4v) is 3.12. The van der Waals surface area contributed by atoms with Gasteiger partial charge in [0.05, 0.1) is 40.2 Å². The van der Waals surface area contributed by atoms with Gasteiger partial charge in [-0.3, -0.25) is 4.79 Å². The normalized spacial score (nSPS) is 14.5. The number of hydrogen-bond acceptors (Lipinski definition) is 7. The summed E-state index contributed by atoms with van der Waals surface area (Å²) in [6.45, 7) is 1.84. The second-order valence-electron chi connectivity index (χ2n) is 6.78. The van der Waals surface area contributed by atoms with Gasteiger partial charge < -0.3 is 29.5 Å². The molecule has 8 nitrogen and oxygen atoms in total. The van der Waals surface area contributed by atoms with E-state index in [2.05, 4.69) is 10.5 Å². The number of hydrazone groups is 1. The van der Waals surface area contributed by atoms with Crippen LogP contribution in [0.5, 0.6) is 23.0 Å². The summed E-state index contributed by atoms with van der Waals surface area (Å²) in [6, 6.07) is 11.8. The van der Waals surface area contributed by atoms with Gasteiger partial charge in [0.15, 0.2) is 11.5 Å². The van der Waals surface area contributed by atoms with E-state index in [4.69, 9.17) is 24.1 Å². The highest BCUT2D eigenvalue weighted by Crippen LogP contribution is 2.41. The summed E-state index contributed by atoms with van der Waals surface area (Å²) in [5.41, 5.74) is 6.30. The Bertz CT molecular complexity index is 870. The Balaban J connectivity index is 0.000000501. The van der Waals surface area contributed by atoms with Gasteiger partial charge in [-0.2, -0.15) is 5.10 Å². The lowest BCUT2D eigenvalue weighted by Crippen LogP contribution is -2.11. The van der Waals surface area contributed by atoms with E-state index >= 15 is 0 Å². The number of hydrogen-bond donors (Lipinski definition) is 2. The predicted octanol–water partition coefficient (Wildman–Crippen LogP) is 4.03. The minimum atomic E-state index is -0.711. The van der Waals surface area contributed by atoms with Crippen LogP contribution in [-0.4, -0.2) is 45.2 Å². The van der Waals surface area contributed by atoms with Gasteiger partial charge in [-0.25, -0.2) is 0 Å². The molecule has 0 fully saturated rings. The van der Waals surface area contributed by atoms with Crippen LogP contribution < -0.4 is 24.4 Å².